The maximum Gasteiger partial charge on any atom is 0.124 e. The van der Waals surface area contributed by atoms with Crippen LogP contribution in [0.3, 0.4) is 0 Å². The van der Waals surface area contributed by atoms with E-state index in [9.17, 15) is 4.39 Å². The van der Waals surface area contributed by atoms with Crippen LogP contribution in [0.25, 0.3) is 0 Å². The highest BCUT2D eigenvalue weighted by atomic mass is 35.5. The van der Waals surface area contributed by atoms with Crippen molar-refractivity contribution < 1.29 is 4.39 Å². The second-order valence-corrected chi connectivity index (χ2v) is 5.77. The van der Waals surface area contributed by atoms with Gasteiger partial charge in [0.15, 0.2) is 0 Å². The van der Waals surface area contributed by atoms with Gasteiger partial charge in [-0.2, -0.15) is 0 Å². The molecular formula is C15H21ClFN. The first-order valence-electron chi connectivity index (χ1n) is 6.77. The van der Waals surface area contributed by atoms with Crippen LogP contribution in [0.1, 0.15) is 38.7 Å². The summed E-state index contributed by atoms with van der Waals surface area (Å²) >= 11 is 6.23. The van der Waals surface area contributed by atoms with Crippen molar-refractivity contribution in [2.24, 2.45) is 5.92 Å². The highest BCUT2D eigenvalue weighted by molar-refractivity contribution is 6.31. The summed E-state index contributed by atoms with van der Waals surface area (Å²) in [4.78, 5) is 0. The van der Waals surface area contributed by atoms with Crippen molar-refractivity contribution in [3.05, 3.63) is 34.6 Å². The number of rotatable bonds is 5. The van der Waals surface area contributed by atoms with Crippen molar-refractivity contribution in [1.29, 1.82) is 0 Å². The summed E-state index contributed by atoms with van der Waals surface area (Å²) in [6.45, 7) is 6.23. The third-order valence-corrected chi connectivity index (χ3v) is 4.46. The molecule has 0 spiro atoms. The molecule has 1 nitrogen and oxygen atoms in total. The molecule has 100 valence electrons. The van der Waals surface area contributed by atoms with Crippen LogP contribution in [-0.4, -0.2) is 13.1 Å². The van der Waals surface area contributed by atoms with Gasteiger partial charge < -0.3 is 5.32 Å². The first kappa shape index (κ1) is 13.8. The molecule has 1 aromatic rings. The lowest BCUT2D eigenvalue weighted by Gasteiger charge is -2.49. The van der Waals surface area contributed by atoms with E-state index in [0.717, 1.165) is 37.4 Å². The number of halogens is 2. The van der Waals surface area contributed by atoms with Crippen LogP contribution >= 0.6 is 11.6 Å². The molecule has 0 bridgehead atoms. The summed E-state index contributed by atoms with van der Waals surface area (Å²) in [6.07, 6.45) is 3.52. The number of hydrogen-bond donors (Lipinski definition) is 1. The van der Waals surface area contributed by atoms with Crippen LogP contribution in [0, 0.1) is 11.7 Å². The molecule has 0 unspecified atom stereocenters. The highest BCUT2D eigenvalue weighted by Gasteiger charge is 2.45. The van der Waals surface area contributed by atoms with Crippen LogP contribution in [0.15, 0.2) is 18.2 Å². The average molecular weight is 270 g/mol. The molecule has 1 aliphatic carbocycles. The molecule has 1 N–H and O–H groups in total. The Morgan fingerprint density at radius 1 is 1.39 bits per heavy atom. The van der Waals surface area contributed by atoms with Crippen molar-refractivity contribution >= 4 is 11.6 Å². The normalized spacial score (nSPS) is 27.0. The van der Waals surface area contributed by atoms with Crippen LogP contribution < -0.4 is 5.32 Å². The molecule has 1 fully saturated rings. The number of benzene rings is 1. The molecule has 0 saturated heterocycles. The second kappa shape index (κ2) is 5.58. The first-order chi connectivity index (χ1) is 8.61. The zero-order chi connectivity index (χ0) is 13.2. The Bertz CT molecular complexity index is 407. The molecule has 3 heteroatoms. The zero-order valence-corrected chi connectivity index (χ0v) is 11.9. The van der Waals surface area contributed by atoms with E-state index in [4.69, 9.17) is 11.6 Å². The lowest BCUT2D eigenvalue weighted by atomic mass is 9.58. The van der Waals surface area contributed by atoms with Crippen molar-refractivity contribution in [3.63, 3.8) is 0 Å². The Kier molecular flexibility index (Phi) is 4.29. The van der Waals surface area contributed by atoms with Gasteiger partial charge in [0.1, 0.15) is 5.82 Å². The molecule has 0 radical (unpaired) electrons. The fraction of sp³-hybridized carbons (Fsp3) is 0.600. The lowest BCUT2D eigenvalue weighted by Crippen LogP contribution is -2.48. The molecule has 0 aliphatic heterocycles. The molecule has 2 rings (SSSR count). The summed E-state index contributed by atoms with van der Waals surface area (Å²) in [7, 11) is 0. The standard InChI is InChI=1S/C15H21ClFN/c1-3-11-8-15(9-11,10-18-4-2)13-6-5-12(17)7-14(13)16/h5-7,11,18H,3-4,8-10H2,1-2H3. The monoisotopic (exact) mass is 269 g/mol. The Morgan fingerprint density at radius 3 is 2.67 bits per heavy atom. The summed E-state index contributed by atoms with van der Waals surface area (Å²) in [5.74, 6) is 0.526. The van der Waals surface area contributed by atoms with Crippen molar-refractivity contribution in [2.75, 3.05) is 13.1 Å². The first-order valence-corrected chi connectivity index (χ1v) is 7.15. The van der Waals surface area contributed by atoms with E-state index in [2.05, 4.69) is 19.2 Å². The molecule has 18 heavy (non-hydrogen) atoms. The summed E-state index contributed by atoms with van der Waals surface area (Å²) in [5.41, 5.74) is 1.22. The third-order valence-electron chi connectivity index (χ3n) is 4.15. The van der Waals surface area contributed by atoms with Crippen molar-refractivity contribution in [3.8, 4) is 0 Å². The fourth-order valence-electron chi connectivity index (χ4n) is 3.08. The Balaban J connectivity index is 2.24. The van der Waals surface area contributed by atoms with E-state index in [1.54, 1.807) is 0 Å². The molecule has 0 heterocycles. The summed E-state index contributed by atoms with van der Waals surface area (Å²) in [6, 6.07) is 4.82. The molecule has 0 amide bonds. The predicted molar refractivity (Wildman–Crippen MR) is 74.6 cm³/mol. The van der Waals surface area contributed by atoms with E-state index >= 15 is 0 Å². The molecule has 1 aromatic carbocycles. The summed E-state index contributed by atoms with van der Waals surface area (Å²) < 4.78 is 13.2. The Morgan fingerprint density at radius 2 is 2.11 bits per heavy atom. The van der Waals surface area contributed by atoms with Gasteiger partial charge in [-0.05, 0) is 43.0 Å². The quantitative estimate of drug-likeness (QED) is 0.847. The minimum absolute atomic E-state index is 0.113. The minimum atomic E-state index is -0.256. The average Bonchev–Trinajstić information content (AvgIpc) is 2.29. The molecule has 1 aliphatic rings. The molecule has 1 saturated carbocycles. The maximum absolute atomic E-state index is 13.2. The summed E-state index contributed by atoms with van der Waals surface area (Å²) in [5, 5.41) is 4.00. The van der Waals surface area contributed by atoms with E-state index in [-0.39, 0.29) is 11.2 Å². The van der Waals surface area contributed by atoms with Crippen LogP contribution in [0.5, 0.6) is 0 Å². The third kappa shape index (κ3) is 2.55. The van der Waals surface area contributed by atoms with Gasteiger partial charge in [0, 0.05) is 17.0 Å². The highest BCUT2D eigenvalue weighted by Crippen LogP contribution is 2.50. The van der Waals surface area contributed by atoms with Crippen LogP contribution in [0.4, 0.5) is 4.39 Å². The lowest BCUT2D eigenvalue weighted by molar-refractivity contribution is 0.134. The molecule has 0 atom stereocenters. The maximum atomic E-state index is 13.2. The van der Waals surface area contributed by atoms with Gasteiger partial charge in [-0.15, -0.1) is 0 Å². The number of hydrogen-bond acceptors (Lipinski definition) is 1. The van der Waals surface area contributed by atoms with Gasteiger partial charge in [-0.25, -0.2) is 4.39 Å². The SMILES string of the molecule is CCNCC1(c2ccc(F)cc2Cl)CC(CC)C1. The smallest absolute Gasteiger partial charge is 0.124 e. The zero-order valence-electron chi connectivity index (χ0n) is 11.1. The minimum Gasteiger partial charge on any atom is -0.316 e. The Labute approximate surface area is 114 Å². The largest absolute Gasteiger partial charge is 0.316 e. The van der Waals surface area contributed by atoms with Gasteiger partial charge in [0.2, 0.25) is 0 Å². The second-order valence-electron chi connectivity index (χ2n) is 5.37. The van der Waals surface area contributed by atoms with Gasteiger partial charge >= 0.3 is 0 Å². The number of likely N-dealkylation sites (N-methyl/N-ethyl adjacent to an activating group) is 1. The Hall–Kier alpha value is -0.600. The van der Waals surface area contributed by atoms with Gasteiger partial charge in [0.05, 0.1) is 0 Å². The van der Waals surface area contributed by atoms with E-state index < -0.39 is 0 Å². The number of nitrogens with one attached hydrogen (secondary N) is 1. The van der Waals surface area contributed by atoms with Gasteiger partial charge in [-0.3, -0.25) is 0 Å². The van der Waals surface area contributed by atoms with Gasteiger partial charge in [-0.1, -0.05) is 37.9 Å². The van der Waals surface area contributed by atoms with Gasteiger partial charge in [0.25, 0.3) is 0 Å². The van der Waals surface area contributed by atoms with E-state index in [1.807, 2.05) is 6.07 Å². The molecule has 0 aromatic heterocycles. The van der Waals surface area contributed by atoms with Crippen LogP contribution in [-0.2, 0) is 5.41 Å². The fourth-order valence-corrected chi connectivity index (χ4v) is 3.45. The topological polar surface area (TPSA) is 12.0 Å². The van der Waals surface area contributed by atoms with Crippen molar-refractivity contribution in [2.45, 2.75) is 38.5 Å². The van der Waals surface area contributed by atoms with Crippen molar-refractivity contribution in [1.82, 2.24) is 5.32 Å². The van der Waals surface area contributed by atoms with E-state index in [1.165, 1.54) is 18.6 Å². The van der Waals surface area contributed by atoms with E-state index in [0.29, 0.717) is 5.02 Å². The van der Waals surface area contributed by atoms with Crippen LogP contribution in [0.2, 0.25) is 5.02 Å². The predicted octanol–water partition coefficient (Wildman–Crippen LogP) is 4.15. The molecular weight excluding hydrogens is 249 g/mol.